The van der Waals surface area contributed by atoms with E-state index >= 15 is 0 Å². The molecule has 3 atom stereocenters. The molecule has 3 unspecified atom stereocenters. The van der Waals surface area contributed by atoms with Gasteiger partial charge in [-0.05, 0) is 48.1 Å². The van der Waals surface area contributed by atoms with Crippen LogP contribution in [0.25, 0.3) is 0 Å². The molecule has 2 bridgehead atoms. The lowest BCUT2D eigenvalue weighted by Crippen LogP contribution is -2.47. The molecule has 5 heteroatoms. The number of halogens is 2. The van der Waals surface area contributed by atoms with Gasteiger partial charge >= 0.3 is 0 Å². The van der Waals surface area contributed by atoms with E-state index in [0.717, 1.165) is 30.7 Å². The molecule has 2 nitrogen and oxygen atoms in total. The SMILES string of the molecule is CC1(C)C2CCC1(C)C(NC(=O)CSc1ccc(F)cc1F)C2. The van der Waals surface area contributed by atoms with Crippen molar-refractivity contribution < 1.29 is 13.6 Å². The van der Waals surface area contributed by atoms with Gasteiger partial charge in [0.2, 0.25) is 5.91 Å². The average Bonchev–Trinajstić information content (AvgIpc) is 2.79. The molecule has 0 saturated heterocycles. The summed E-state index contributed by atoms with van der Waals surface area (Å²) in [7, 11) is 0. The standard InChI is InChI=1S/C18H23F2NOS/c1-17(2)11-6-7-18(17,3)15(8-11)21-16(22)10-23-14-5-4-12(19)9-13(14)20/h4-5,9,11,15H,6-8,10H2,1-3H3,(H,21,22). The molecule has 2 aliphatic carbocycles. The smallest absolute Gasteiger partial charge is 0.230 e. The Morgan fingerprint density at radius 1 is 1.35 bits per heavy atom. The van der Waals surface area contributed by atoms with Crippen LogP contribution in [-0.2, 0) is 4.79 Å². The molecule has 0 aromatic heterocycles. The predicted molar refractivity (Wildman–Crippen MR) is 88.2 cm³/mol. The number of thioether (sulfide) groups is 1. The second-order valence-corrected chi connectivity index (χ2v) is 8.61. The van der Waals surface area contributed by atoms with Gasteiger partial charge in [-0.15, -0.1) is 11.8 Å². The minimum Gasteiger partial charge on any atom is -0.352 e. The highest BCUT2D eigenvalue weighted by Crippen LogP contribution is 2.65. The highest BCUT2D eigenvalue weighted by atomic mass is 32.2. The molecule has 1 aromatic carbocycles. The first-order chi connectivity index (χ1) is 10.7. The summed E-state index contributed by atoms with van der Waals surface area (Å²) in [6, 6.07) is 3.63. The van der Waals surface area contributed by atoms with Gasteiger partial charge in [0, 0.05) is 17.0 Å². The van der Waals surface area contributed by atoms with E-state index in [9.17, 15) is 13.6 Å². The molecule has 2 aliphatic rings. The number of fused-ring (bicyclic) bond motifs is 2. The van der Waals surface area contributed by atoms with E-state index < -0.39 is 11.6 Å². The van der Waals surface area contributed by atoms with Crippen molar-refractivity contribution >= 4 is 17.7 Å². The van der Waals surface area contributed by atoms with Crippen LogP contribution in [0.3, 0.4) is 0 Å². The normalized spacial score (nSPS) is 31.3. The number of hydrogen-bond donors (Lipinski definition) is 1. The highest BCUT2D eigenvalue weighted by Gasteiger charge is 2.61. The molecule has 126 valence electrons. The number of nitrogens with one attached hydrogen (secondary N) is 1. The molecular formula is C18H23F2NOS. The van der Waals surface area contributed by atoms with Gasteiger partial charge in [0.05, 0.1) is 5.75 Å². The summed E-state index contributed by atoms with van der Waals surface area (Å²) in [5.41, 5.74) is 0.389. The zero-order chi connectivity index (χ0) is 16.8. The topological polar surface area (TPSA) is 29.1 Å². The Bertz CT molecular complexity index is 633. The fourth-order valence-corrected chi connectivity index (χ4v) is 5.12. The largest absolute Gasteiger partial charge is 0.352 e. The van der Waals surface area contributed by atoms with Crippen molar-refractivity contribution in [3.63, 3.8) is 0 Å². The van der Waals surface area contributed by atoms with Gasteiger partial charge in [-0.1, -0.05) is 20.8 Å². The predicted octanol–water partition coefficient (Wildman–Crippen LogP) is 4.39. The number of hydrogen-bond acceptors (Lipinski definition) is 2. The number of amides is 1. The first-order valence-corrected chi connectivity index (χ1v) is 9.10. The molecule has 0 spiro atoms. The summed E-state index contributed by atoms with van der Waals surface area (Å²) in [6.45, 7) is 6.89. The number of carbonyl (C=O) groups is 1. The lowest BCUT2D eigenvalue weighted by molar-refractivity contribution is -0.120. The second kappa shape index (κ2) is 5.76. The Labute approximate surface area is 140 Å². The highest BCUT2D eigenvalue weighted by molar-refractivity contribution is 8.00. The fraction of sp³-hybridized carbons (Fsp3) is 0.611. The Hall–Kier alpha value is -1.10. The summed E-state index contributed by atoms with van der Waals surface area (Å²) in [4.78, 5) is 12.6. The van der Waals surface area contributed by atoms with Crippen molar-refractivity contribution in [3.05, 3.63) is 29.8 Å². The van der Waals surface area contributed by atoms with Crippen LogP contribution in [0.4, 0.5) is 8.78 Å². The quantitative estimate of drug-likeness (QED) is 0.825. The van der Waals surface area contributed by atoms with Gasteiger partial charge in [0.25, 0.3) is 0 Å². The molecule has 1 N–H and O–H groups in total. The van der Waals surface area contributed by atoms with E-state index in [-0.39, 0.29) is 28.5 Å². The Balaban J connectivity index is 1.58. The monoisotopic (exact) mass is 339 g/mol. The third-order valence-corrected chi connectivity index (χ3v) is 7.43. The van der Waals surface area contributed by atoms with E-state index in [4.69, 9.17) is 0 Å². The summed E-state index contributed by atoms with van der Waals surface area (Å²) in [6.07, 6.45) is 3.42. The second-order valence-electron chi connectivity index (χ2n) is 7.59. The molecule has 3 rings (SSSR count). The number of carbonyl (C=O) groups excluding carboxylic acids is 1. The van der Waals surface area contributed by atoms with E-state index in [1.54, 1.807) is 0 Å². The maximum Gasteiger partial charge on any atom is 0.230 e. The average molecular weight is 339 g/mol. The zero-order valence-corrected chi connectivity index (χ0v) is 14.6. The Morgan fingerprint density at radius 3 is 2.65 bits per heavy atom. The lowest BCUT2D eigenvalue weighted by atomic mass is 9.69. The Morgan fingerprint density at radius 2 is 2.09 bits per heavy atom. The van der Waals surface area contributed by atoms with Crippen LogP contribution in [0.15, 0.2) is 23.1 Å². The van der Waals surface area contributed by atoms with Crippen LogP contribution in [0.1, 0.15) is 40.0 Å². The van der Waals surface area contributed by atoms with Crippen LogP contribution in [0, 0.1) is 28.4 Å². The molecule has 23 heavy (non-hydrogen) atoms. The third-order valence-electron chi connectivity index (χ3n) is 6.38. The number of rotatable bonds is 4. The first-order valence-electron chi connectivity index (χ1n) is 8.11. The minimum absolute atomic E-state index is 0.0756. The van der Waals surface area contributed by atoms with Crippen LogP contribution < -0.4 is 5.32 Å². The molecule has 0 heterocycles. The summed E-state index contributed by atoms with van der Waals surface area (Å²) >= 11 is 1.11. The van der Waals surface area contributed by atoms with Crippen molar-refractivity contribution in [3.8, 4) is 0 Å². The molecule has 1 amide bonds. The Kier molecular flexibility index (Phi) is 4.20. The molecule has 2 fully saturated rings. The molecule has 1 aromatic rings. The van der Waals surface area contributed by atoms with Crippen LogP contribution in [-0.4, -0.2) is 17.7 Å². The maximum absolute atomic E-state index is 13.6. The molecular weight excluding hydrogens is 316 g/mol. The van der Waals surface area contributed by atoms with E-state index in [2.05, 4.69) is 26.1 Å². The maximum atomic E-state index is 13.6. The molecule has 2 saturated carbocycles. The van der Waals surface area contributed by atoms with E-state index in [1.807, 2.05) is 0 Å². The van der Waals surface area contributed by atoms with E-state index in [1.165, 1.54) is 18.6 Å². The van der Waals surface area contributed by atoms with Gasteiger partial charge in [-0.25, -0.2) is 8.78 Å². The first kappa shape index (κ1) is 16.7. The van der Waals surface area contributed by atoms with Gasteiger partial charge in [0.1, 0.15) is 11.6 Å². The van der Waals surface area contributed by atoms with Crippen molar-refractivity contribution in [1.82, 2.24) is 5.32 Å². The third kappa shape index (κ3) is 2.77. The lowest BCUT2D eigenvalue weighted by Gasteiger charge is -2.39. The summed E-state index contributed by atoms with van der Waals surface area (Å²) < 4.78 is 26.5. The summed E-state index contributed by atoms with van der Waals surface area (Å²) in [5, 5.41) is 3.15. The van der Waals surface area contributed by atoms with Crippen molar-refractivity contribution in [2.45, 2.75) is 51.0 Å². The molecule has 0 aliphatic heterocycles. The zero-order valence-electron chi connectivity index (χ0n) is 13.8. The number of benzene rings is 1. The van der Waals surface area contributed by atoms with Crippen LogP contribution >= 0.6 is 11.8 Å². The van der Waals surface area contributed by atoms with Gasteiger partial charge in [-0.3, -0.25) is 4.79 Å². The van der Waals surface area contributed by atoms with Gasteiger partial charge in [0.15, 0.2) is 0 Å². The van der Waals surface area contributed by atoms with Crippen LogP contribution in [0.2, 0.25) is 0 Å². The van der Waals surface area contributed by atoms with Crippen molar-refractivity contribution in [2.75, 3.05) is 5.75 Å². The van der Waals surface area contributed by atoms with E-state index in [0.29, 0.717) is 10.8 Å². The fourth-order valence-electron chi connectivity index (χ4n) is 4.39. The van der Waals surface area contributed by atoms with Crippen LogP contribution in [0.5, 0.6) is 0 Å². The minimum atomic E-state index is -0.615. The van der Waals surface area contributed by atoms with Crippen molar-refractivity contribution in [2.24, 2.45) is 16.7 Å². The van der Waals surface area contributed by atoms with Gasteiger partial charge in [-0.2, -0.15) is 0 Å². The molecule has 0 radical (unpaired) electrons. The van der Waals surface area contributed by atoms with Gasteiger partial charge < -0.3 is 5.32 Å². The summed E-state index contributed by atoms with van der Waals surface area (Å²) in [5.74, 6) is -0.474. The van der Waals surface area contributed by atoms with Crippen molar-refractivity contribution in [1.29, 1.82) is 0 Å².